The average molecular weight is 329 g/mol. The molecule has 2 heterocycles. The summed E-state index contributed by atoms with van der Waals surface area (Å²) in [5.41, 5.74) is 5.62. The lowest BCUT2D eigenvalue weighted by Crippen LogP contribution is -2.30. The average Bonchev–Trinajstić information content (AvgIpc) is 2.96. The minimum absolute atomic E-state index is 0.748. The first kappa shape index (κ1) is 14.9. The van der Waals surface area contributed by atoms with E-state index in [0.29, 0.717) is 0 Å². The molecule has 0 saturated heterocycles. The van der Waals surface area contributed by atoms with Crippen LogP contribution in [0.5, 0.6) is 0 Å². The van der Waals surface area contributed by atoms with E-state index in [9.17, 15) is 0 Å². The first-order valence-electron chi connectivity index (χ1n) is 7.89. The molecule has 0 atom stereocenters. The number of aromatic nitrogens is 1. The van der Waals surface area contributed by atoms with Crippen LogP contribution in [-0.4, -0.2) is 0 Å². The largest absolute Gasteiger partial charge is 0.238 e. The Bertz CT molecular complexity index is 1150. The first-order valence-corrected chi connectivity index (χ1v) is 8.71. The molecule has 2 aromatic carbocycles. The highest BCUT2D eigenvalue weighted by molar-refractivity contribution is 7.26. The molecule has 0 aliphatic heterocycles. The van der Waals surface area contributed by atoms with Gasteiger partial charge in [0.1, 0.15) is 7.05 Å². The van der Waals surface area contributed by atoms with E-state index in [2.05, 4.69) is 72.9 Å². The zero-order valence-corrected chi connectivity index (χ0v) is 14.7. The van der Waals surface area contributed by atoms with Gasteiger partial charge in [-0.3, -0.25) is 0 Å². The number of fused-ring (bicyclic) bond motifs is 3. The topological polar surface area (TPSA) is 8.24 Å². The summed E-state index contributed by atoms with van der Waals surface area (Å²) in [6.45, 7) is 11.6. The van der Waals surface area contributed by atoms with Crippen LogP contribution < -0.4 is 4.57 Å². The third-order valence-corrected chi connectivity index (χ3v) is 6.03. The van der Waals surface area contributed by atoms with Crippen molar-refractivity contribution in [2.75, 3.05) is 0 Å². The molecule has 0 spiro atoms. The van der Waals surface area contributed by atoms with Gasteiger partial charge in [0.2, 0.25) is 5.69 Å². The molecule has 0 aliphatic carbocycles. The summed E-state index contributed by atoms with van der Waals surface area (Å²) in [6.07, 6.45) is 2.09. The fourth-order valence-electron chi connectivity index (χ4n) is 3.35. The fraction of sp³-hybridized carbons (Fsp3) is 0.143. The Kier molecular flexibility index (Phi) is 3.37. The quantitative estimate of drug-likeness (QED) is 0.312. The predicted molar refractivity (Wildman–Crippen MR) is 102 cm³/mol. The Morgan fingerprint density at radius 3 is 2.46 bits per heavy atom. The molecule has 4 aromatic rings. The summed E-state index contributed by atoms with van der Waals surface area (Å²) >= 11 is 1.81. The van der Waals surface area contributed by atoms with Crippen molar-refractivity contribution in [2.45, 2.75) is 13.8 Å². The number of benzene rings is 2. The second-order valence-corrected chi connectivity index (χ2v) is 7.15. The number of nitrogens with zero attached hydrogens (tertiary/aromatic N) is 2. The van der Waals surface area contributed by atoms with Crippen molar-refractivity contribution in [1.29, 1.82) is 0 Å². The summed E-state index contributed by atoms with van der Waals surface area (Å²) in [4.78, 5) is 3.66. The van der Waals surface area contributed by atoms with Gasteiger partial charge < -0.3 is 0 Å². The summed E-state index contributed by atoms with van der Waals surface area (Å²) in [5.74, 6) is 0. The van der Waals surface area contributed by atoms with E-state index in [0.717, 1.165) is 11.3 Å². The SMILES string of the molecule is [C-]#[N+]c1ccc2c(sc3c(-c4cccc[n+]4C)c(C)ccc32)c1C. The van der Waals surface area contributed by atoms with Gasteiger partial charge in [-0.1, -0.05) is 24.3 Å². The van der Waals surface area contributed by atoms with Gasteiger partial charge in [0.25, 0.3) is 0 Å². The van der Waals surface area contributed by atoms with E-state index in [1.807, 2.05) is 6.07 Å². The Balaban J connectivity index is 2.17. The molecule has 2 nitrogen and oxygen atoms in total. The molecule has 0 N–H and O–H groups in total. The minimum Gasteiger partial charge on any atom is -0.238 e. The van der Waals surface area contributed by atoms with Gasteiger partial charge >= 0.3 is 0 Å². The van der Waals surface area contributed by atoms with Crippen LogP contribution in [0.2, 0.25) is 0 Å². The van der Waals surface area contributed by atoms with Crippen LogP contribution in [0.15, 0.2) is 48.7 Å². The van der Waals surface area contributed by atoms with Crippen molar-refractivity contribution >= 4 is 37.2 Å². The molecule has 24 heavy (non-hydrogen) atoms. The van der Waals surface area contributed by atoms with Crippen LogP contribution >= 0.6 is 11.3 Å². The maximum absolute atomic E-state index is 7.36. The Hall–Kier alpha value is -2.70. The van der Waals surface area contributed by atoms with Crippen molar-refractivity contribution in [2.24, 2.45) is 7.05 Å². The molecule has 0 saturated carbocycles. The van der Waals surface area contributed by atoms with Crippen molar-refractivity contribution < 1.29 is 4.57 Å². The molecule has 0 unspecified atom stereocenters. The van der Waals surface area contributed by atoms with E-state index < -0.39 is 0 Å². The van der Waals surface area contributed by atoms with Gasteiger partial charge in [-0.15, -0.1) is 11.3 Å². The predicted octanol–water partition coefficient (Wildman–Crippen LogP) is 5.71. The summed E-state index contributed by atoms with van der Waals surface area (Å²) in [7, 11) is 2.09. The minimum atomic E-state index is 0.748. The molecule has 0 amide bonds. The third-order valence-electron chi connectivity index (χ3n) is 4.67. The number of thiophene rings is 1. The Morgan fingerprint density at radius 1 is 0.958 bits per heavy atom. The first-order chi connectivity index (χ1) is 11.6. The zero-order chi connectivity index (χ0) is 16.8. The lowest BCUT2D eigenvalue weighted by molar-refractivity contribution is -0.660. The van der Waals surface area contributed by atoms with Crippen molar-refractivity contribution in [3.05, 3.63) is 71.2 Å². The van der Waals surface area contributed by atoms with E-state index in [1.165, 1.54) is 37.0 Å². The second-order valence-electron chi connectivity index (χ2n) is 6.13. The maximum Gasteiger partial charge on any atom is 0.213 e. The van der Waals surface area contributed by atoms with Crippen molar-refractivity contribution in [3.8, 4) is 11.3 Å². The number of hydrogen-bond donors (Lipinski definition) is 0. The van der Waals surface area contributed by atoms with Crippen molar-refractivity contribution in [3.63, 3.8) is 0 Å². The van der Waals surface area contributed by atoms with Gasteiger partial charge in [0.15, 0.2) is 11.9 Å². The summed E-state index contributed by atoms with van der Waals surface area (Å²) in [5, 5.41) is 2.53. The third kappa shape index (κ3) is 2.04. The molecule has 0 aliphatic rings. The highest BCUT2D eigenvalue weighted by Gasteiger charge is 2.19. The molecule has 0 radical (unpaired) electrons. The molecular weight excluding hydrogens is 312 g/mol. The zero-order valence-electron chi connectivity index (χ0n) is 13.9. The fourth-order valence-corrected chi connectivity index (χ4v) is 4.75. The van der Waals surface area contributed by atoms with Crippen LogP contribution in [0.3, 0.4) is 0 Å². The maximum atomic E-state index is 7.36. The molecule has 116 valence electrons. The highest BCUT2D eigenvalue weighted by atomic mass is 32.1. The second kappa shape index (κ2) is 5.43. The monoisotopic (exact) mass is 329 g/mol. The van der Waals surface area contributed by atoms with Gasteiger partial charge in [0, 0.05) is 26.9 Å². The van der Waals surface area contributed by atoms with E-state index >= 15 is 0 Å². The smallest absolute Gasteiger partial charge is 0.213 e. The van der Waals surface area contributed by atoms with E-state index in [4.69, 9.17) is 6.57 Å². The molecular formula is C21H17N2S+. The number of rotatable bonds is 1. The summed E-state index contributed by atoms with van der Waals surface area (Å²) in [6, 6.07) is 14.8. The number of aryl methyl sites for hydroxylation is 3. The molecule has 0 bridgehead atoms. The molecule has 4 rings (SSSR count). The van der Waals surface area contributed by atoms with Gasteiger partial charge in [-0.2, -0.15) is 0 Å². The van der Waals surface area contributed by atoms with Gasteiger partial charge in [-0.25, -0.2) is 9.41 Å². The van der Waals surface area contributed by atoms with E-state index in [-0.39, 0.29) is 0 Å². The normalized spacial score (nSPS) is 11.1. The lowest BCUT2D eigenvalue weighted by Gasteiger charge is -2.05. The van der Waals surface area contributed by atoms with Crippen LogP contribution in [-0.2, 0) is 7.05 Å². The Labute approximate surface area is 145 Å². The highest BCUT2D eigenvalue weighted by Crippen LogP contribution is 2.43. The molecule has 0 fully saturated rings. The van der Waals surface area contributed by atoms with Crippen LogP contribution in [0.1, 0.15) is 11.1 Å². The molecule has 2 aromatic heterocycles. The lowest BCUT2D eigenvalue weighted by atomic mass is 10.0. The number of hydrogen-bond acceptors (Lipinski definition) is 1. The summed E-state index contributed by atoms with van der Waals surface area (Å²) < 4.78 is 4.70. The Morgan fingerprint density at radius 2 is 1.71 bits per heavy atom. The van der Waals surface area contributed by atoms with Crippen LogP contribution in [0, 0.1) is 20.4 Å². The standard InChI is InChI=1S/C21H17N2S/c1-13-8-9-16-15-10-11-17(22-3)14(2)20(15)24-21(16)19(13)18-7-5-6-12-23(18)4/h5-12H,1-2,4H3/q+1. The van der Waals surface area contributed by atoms with Crippen LogP contribution in [0.25, 0.3) is 36.3 Å². The van der Waals surface area contributed by atoms with E-state index in [1.54, 1.807) is 11.3 Å². The van der Waals surface area contributed by atoms with Gasteiger partial charge in [-0.05, 0) is 36.4 Å². The van der Waals surface area contributed by atoms with Crippen molar-refractivity contribution in [1.82, 2.24) is 0 Å². The number of pyridine rings is 1. The molecule has 3 heteroatoms. The van der Waals surface area contributed by atoms with Crippen LogP contribution in [0.4, 0.5) is 5.69 Å². The van der Waals surface area contributed by atoms with Gasteiger partial charge in [0.05, 0.1) is 12.1 Å².